The highest BCUT2D eigenvalue weighted by atomic mass is 15.1. The van der Waals surface area contributed by atoms with E-state index in [9.17, 15) is 0 Å². The zero-order valence-corrected chi connectivity index (χ0v) is 29.9. The second-order valence-electron chi connectivity index (χ2n) is 14.2. The van der Waals surface area contributed by atoms with E-state index >= 15 is 0 Å². The zero-order chi connectivity index (χ0) is 36.3. The standard InChI is InChI=1S/C50H33N5/c1-3-15-38-34(11-1)13-9-18-40(38)45-31-44(52-50(53-45)41-19-10-14-35-12-2-4-16-39(35)41)36-26-22-32(23-27-36)33-24-28-37(29-25-33)47-49-48(42-17-5-6-20-43(42)51-47)54-46-21-7-8-30-55(46)49/h1-6,8-20,22-31H,7,21H2. The molecule has 4 heterocycles. The van der Waals surface area contributed by atoms with Gasteiger partial charge in [0.2, 0.25) is 0 Å². The SMILES string of the molecule is C1=Cn2c(nc3c4ccccc4nc(-c4ccc(-c5ccc(-c6cc(-c7cccc8ccccc78)nc(-c7cccc8ccccc78)n6)cc5)cc4)c32)CC1. The highest BCUT2D eigenvalue weighted by Gasteiger charge is 2.20. The first-order chi connectivity index (χ1) is 27.2. The molecule has 258 valence electrons. The summed E-state index contributed by atoms with van der Waals surface area (Å²) in [6, 6.07) is 57.6. The van der Waals surface area contributed by atoms with Crippen LogP contribution in [0.2, 0.25) is 0 Å². The Morgan fingerprint density at radius 1 is 0.455 bits per heavy atom. The van der Waals surface area contributed by atoms with Crippen molar-refractivity contribution in [1.82, 2.24) is 24.5 Å². The maximum absolute atomic E-state index is 5.23. The van der Waals surface area contributed by atoms with E-state index in [1.54, 1.807) is 0 Å². The van der Waals surface area contributed by atoms with E-state index in [2.05, 4.69) is 175 Å². The fourth-order valence-corrected chi connectivity index (χ4v) is 8.15. The molecule has 0 radical (unpaired) electrons. The Morgan fingerprint density at radius 2 is 1.04 bits per heavy atom. The van der Waals surface area contributed by atoms with Crippen LogP contribution in [0.1, 0.15) is 12.2 Å². The molecular weight excluding hydrogens is 671 g/mol. The minimum absolute atomic E-state index is 0.711. The van der Waals surface area contributed by atoms with E-state index in [1.165, 1.54) is 16.2 Å². The van der Waals surface area contributed by atoms with Crippen LogP contribution in [-0.4, -0.2) is 24.5 Å². The van der Waals surface area contributed by atoms with Gasteiger partial charge in [0.25, 0.3) is 0 Å². The zero-order valence-electron chi connectivity index (χ0n) is 29.9. The largest absolute Gasteiger partial charge is 0.301 e. The summed E-state index contributed by atoms with van der Waals surface area (Å²) in [7, 11) is 0. The molecule has 0 fully saturated rings. The van der Waals surface area contributed by atoms with Gasteiger partial charge in [-0.25, -0.2) is 19.9 Å². The molecular formula is C50H33N5. The van der Waals surface area contributed by atoms with Gasteiger partial charge in [-0.2, -0.15) is 0 Å². The van der Waals surface area contributed by atoms with Crippen LogP contribution < -0.4 is 0 Å². The highest BCUT2D eigenvalue weighted by molar-refractivity contribution is 6.08. The first-order valence-electron chi connectivity index (χ1n) is 18.8. The normalized spacial score (nSPS) is 12.5. The Kier molecular flexibility index (Phi) is 7.24. The first kappa shape index (κ1) is 31.3. The lowest BCUT2D eigenvalue weighted by Gasteiger charge is -2.13. The van der Waals surface area contributed by atoms with Crippen molar-refractivity contribution >= 4 is 49.7 Å². The Morgan fingerprint density at radius 3 is 1.78 bits per heavy atom. The third-order valence-corrected chi connectivity index (χ3v) is 10.9. The third-order valence-electron chi connectivity index (χ3n) is 10.9. The fraction of sp³-hybridized carbons (Fsp3) is 0.0400. The van der Waals surface area contributed by atoms with Crippen molar-refractivity contribution < 1.29 is 0 Å². The van der Waals surface area contributed by atoms with Crippen LogP contribution in [0.15, 0.2) is 170 Å². The van der Waals surface area contributed by atoms with Crippen molar-refractivity contribution in [2.24, 2.45) is 0 Å². The quantitative estimate of drug-likeness (QED) is 0.179. The molecule has 0 unspecified atom stereocenters. The molecule has 7 aromatic carbocycles. The average molecular weight is 704 g/mol. The number of nitrogens with zero attached hydrogens (tertiary/aromatic N) is 5. The van der Waals surface area contributed by atoms with Crippen LogP contribution in [-0.2, 0) is 6.42 Å². The van der Waals surface area contributed by atoms with Crippen LogP contribution >= 0.6 is 0 Å². The molecule has 0 amide bonds. The van der Waals surface area contributed by atoms with Gasteiger partial charge in [0.15, 0.2) is 5.82 Å². The molecule has 0 N–H and O–H groups in total. The molecule has 0 saturated carbocycles. The molecule has 5 nitrogen and oxygen atoms in total. The lowest BCUT2D eigenvalue weighted by atomic mass is 9.98. The number of aromatic nitrogens is 5. The van der Waals surface area contributed by atoms with E-state index < -0.39 is 0 Å². The van der Waals surface area contributed by atoms with Gasteiger partial charge in [-0.05, 0) is 51.2 Å². The number of rotatable bonds is 5. The molecule has 0 atom stereocenters. The number of imidazole rings is 1. The van der Waals surface area contributed by atoms with E-state index in [4.69, 9.17) is 19.9 Å². The van der Waals surface area contributed by atoms with Crippen LogP contribution in [0, 0.1) is 0 Å². The summed E-state index contributed by atoms with van der Waals surface area (Å²) >= 11 is 0. The van der Waals surface area contributed by atoms with E-state index in [0.29, 0.717) is 5.82 Å². The highest BCUT2D eigenvalue weighted by Crippen LogP contribution is 2.37. The van der Waals surface area contributed by atoms with E-state index in [0.717, 1.165) is 96.5 Å². The van der Waals surface area contributed by atoms with E-state index in [-0.39, 0.29) is 0 Å². The maximum Gasteiger partial charge on any atom is 0.161 e. The number of fused-ring (bicyclic) bond motifs is 7. The molecule has 3 aromatic heterocycles. The lowest BCUT2D eigenvalue weighted by Crippen LogP contribution is -2.01. The van der Waals surface area contributed by atoms with Crippen molar-refractivity contribution in [3.8, 4) is 56.3 Å². The van der Waals surface area contributed by atoms with Crippen molar-refractivity contribution in [3.05, 3.63) is 176 Å². The summed E-state index contributed by atoms with van der Waals surface area (Å²) in [5.74, 6) is 1.80. The molecule has 0 aliphatic carbocycles. The first-order valence-corrected chi connectivity index (χ1v) is 18.8. The number of para-hydroxylation sites is 1. The number of hydrogen-bond acceptors (Lipinski definition) is 4. The molecule has 0 saturated heterocycles. The van der Waals surface area contributed by atoms with Gasteiger partial charge in [0.05, 0.1) is 28.1 Å². The summed E-state index contributed by atoms with van der Waals surface area (Å²) in [5.41, 5.74) is 12.3. The van der Waals surface area contributed by atoms with Gasteiger partial charge in [0.1, 0.15) is 11.3 Å². The predicted molar refractivity (Wildman–Crippen MR) is 226 cm³/mol. The molecule has 0 spiro atoms. The van der Waals surface area contributed by atoms with Crippen molar-refractivity contribution in [2.45, 2.75) is 12.8 Å². The number of benzene rings is 7. The molecule has 0 bridgehead atoms. The van der Waals surface area contributed by atoms with Crippen LogP contribution in [0.3, 0.4) is 0 Å². The van der Waals surface area contributed by atoms with Gasteiger partial charge in [0, 0.05) is 40.3 Å². The fourth-order valence-electron chi connectivity index (χ4n) is 8.15. The Hall–Kier alpha value is -7.24. The monoisotopic (exact) mass is 703 g/mol. The van der Waals surface area contributed by atoms with Gasteiger partial charge >= 0.3 is 0 Å². The average Bonchev–Trinajstić information content (AvgIpc) is 3.66. The number of allylic oxidation sites excluding steroid dienone is 1. The van der Waals surface area contributed by atoms with Crippen LogP contribution in [0.5, 0.6) is 0 Å². The number of hydrogen-bond donors (Lipinski definition) is 0. The van der Waals surface area contributed by atoms with Gasteiger partial charge < -0.3 is 4.57 Å². The topological polar surface area (TPSA) is 56.5 Å². The van der Waals surface area contributed by atoms with Gasteiger partial charge in [-0.15, -0.1) is 0 Å². The second kappa shape index (κ2) is 12.7. The van der Waals surface area contributed by atoms with Crippen molar-refractivity contribution in [3.63, 3.8) is 0 Å². The number of aryl methyl sites for hydroxylation is 1. The molecule has 1 aliphatic heterocycles. The summed E-state index contributed by atoms with van der Waals surface area (Å²) in [6.07, 6.45) is 6.30. The van der Waals surface area contributed by atoms with Crippen molar-refractivity contribution in [2.75, 3.05) is 0 Å². The predicted octanol–water partition coefficient (Wildman–Crippen LogP) is 12.4. The van der Waals surface area contributed by atoms with E-state index in [1.807, 2.05) is 6.07 Å². The van der Waals surface area contributed by atoms with Crippen LogP contribution in [0.25, 0.3) is 106 Å². The summed E-state index contributed by atoms with van der Waals surface area (Å²) in [6.45, 7) is 0. The maximum atomic E-state index is 5.23. The summed E-state index contributed by atoms with van der Waals surface area (Å²) in [4.78, 5) is 20.7. The molecule has 10 aromatic rings. The van der Waals surface area contributed by atoms with Gasteiger partial charge in [-0.3, -0.25) is 0 Å². The molecule has 1 aliphatic rings. The number of pyridine rings is 1. The van der Waals surface area contributed by atoms with Crippen LogP contribution in [0.4, 0.5) is 0 Å². The summed E-state index contributed by atoms with van der Waals surface area (Å²) in [5, 5.41) is 5.74. The second-order valence-corrected chi connectivity index (χ2v) is 14.2. The molecule has 11 rings (SSSR count). The van der Waals surface area contributed by atoms with Crippen molar-refractivity contribution in [1.29, 1.82) is 0 Å². The molecule has 5 heteroatoms. The minimum atomic E-state index is 0.711. The third kappa shape index (κ3) is 5.32. The Balaban J connectivity index is 0.989. The Bertz CT molecular complexity index is 3030. The summed E-state index contributed by atoms with van der Waals surface area (Å²) < 4.78 is 2.23. The smallest absolute Gasteiger partial charge is 0.161 e. The lowest BCUT2D eigenvalue weighted by molar-refractivity contribution is 0.848. The minimum Gasteiger partial charge on any atom is -0.301 e. The van der Waals surface area contributed by atoms with Gasteiger partial charge in [-0.1, -0.05) is 158 Å². The Labute approximate surface area is 318 Å². The molecule has 55 heavy (non-hydrogen) atoms.